The van der Waals surface area contributed by atoms with E-state index >= 15 is 0 Å². The van der Waals surface area contributed by atoms with E-state index in [1.54, 1.807) is 0 Å². The molecule has 0 saturated carbocycles. The van der Waals surface area contributed by atoms with Crippen LogP contribution >= 0.6 is 0 Å². The average Bonchev–Trinajstić information content (AvgIpc) is 2.76. The Bertz CT molecular complexity index is 822. The molecule has 0 aromatic heterocycles. The predicted octanol–water partition coefficient (Wildman–Crippen LogP) is 6.56. The molecular formula is C26H42O3Si4. The van der Waals surface area contributed by atoms with Gasteiger partial charge in [0, 0.05) is 6.55 Å². The van der Waals surface area contributed by atoms with Crippen molar-refractivity contribution in [1.82, 2.24) is 0 Å². The number of benzene rings is 2. The lowest BCUT2D eigenvalue weighted by Crippen LogP contribution is -2.66. The summed E-state index contributed by atoms with van der Waals surface area (Å²) in [6.45, 7) is 21.3. The molecule has 0 amide bonds. The summed E-state index contributed by atoms with van der Waals surface area (Å²) in [6.07, 6.45) is 5.81. The molecule has 2 aromatic rings. The van der Waals surface area contributed by atoms with Gasteiger partial charge in [-0.15, -0.1) is 13.2 Å². The first-order valence-corrected chi connectivity index (χ1v) is 22.7. The van der Waals surface area contributed by atoms with Crippen molar-refractivity contribution in [2.75, 3.05) is 0 Å². The van der Waals surface area contributed by atoms with Crippen molar-refractivity contribution in [3.8, 4) is 0 Å². The molecule has 0 heterocycles. The first-order chi connectivity index (χ1) is 15.5. The first-order valence-electron chi connectivity index (χ1n) is 11.9. The quantitative estimate of drug-likeness (QED) is 0.211. The minimum Gasteiger partial charge on any atom is -0.417 e. The summed E-state index contributed by atoms with van der Waals surface area (Å²) in [5, 5.41) is 2.56. The number of hydrogen-bond acceptors (Lipinski definition) is 3. The van der Waals surface area contributed by atoms with E-state index in [1.807, 2.05) is 12.2 Å². The zero-order valence-electron chi connectivity index (χ0n) is 21.4. The molecule has 2 atom stereocenters. The van der Waals surface area contributed by atoms with Crippen molar-refractivity contribution in [3.63, 3.8) is 0 Å². The van der Waals surface area contributed by atoms with Gasteiger partial charge in [0.05, 0.1) is 0 Å². The van der Waals surface area contributed by atoms with Crippen molar-refractivity contribution in [1.29, 1.82) is 0 Å². The molecule has 0 bridgehead atoms. The van der Waals surface area contributed by atoms with Crippen LogP contribution in [0.5, 0.6) is 0 Å². The molecule has 0 spiro atoms. The standard InChI is InChI=1S/C26H42O3Si4/c1-9-11-23-31(6,25-19-15-13-16-20-25)28-33(8,27-30(3,4)5)29-32(7,24-12-10-2)26-21-17-14-18-22-26/h9-10,13-22H,1-2,11-12,23-24H2,3-8H3. The van der Waals surface area contributed by atoms with E-state index < -0.39 is 33.8 Å². The molecule has 2 aromatic carbocycles. The fourth-order valence-corrected chi connectivity index (χ4v) is 22.5. The summed E-state index contributed by atoms with van der Waals surface area (Å²) in [6, 6.07) is 23.2. The van der Waals surface area contributed by atoms with Crippen LogP contribution in [0.4, 0.5) is 0 Å². The second kappa shape index (κ2) is 11.9. The van der Waals surface area contributed by atoms with Crippen molar-refractivity contribution < 1.29 is 12.3 Å². The molecule has 0 aliphatic carbocycles. The maximum absolute atomic E-state index is 7.22. The van der Waals surface area contributed by atoms with Crippen LogP contribution in [0.3, 0.4) is 0 Å². The van der Waals surface area contributed by atoms with E-state index in [0.717, 1.165) is 24.9 Å². The van der Waals surface area contributed by atoms with Gasteiger partial charge in [-0.05, 0) is 68.0 Å². The zero-order chi connectivity index (χ0) is 24.6. The van der Waals surface area contributed by atoms with Crippen LogP contribution < -0.4 is 10.4 Å². The molecule has 180 valence electrons. The minimum absolute atomic E-state index is 0.916. The van der Waals surface area contributed by atoms with Gasteiger partial charge in [0.15, 0.2) is 8.32 Å². The molecule has 2 unspecified atom stereocenters. The first kappa shape index (κ1) is 27.9. The van der Waals surface area contributed by atoms with Crippen LogP contribution in [0.1, 0.15) is 12.8 Å². The Morgan fingerprint density at radius 1 is 0.606 bits per heavy atom. The summed E-state index contributed by atoms with van der Waals surface area (Å²) < 4.78 is 21.3. The van der Waals surface area contributed by atoms with Gasteiger partial charge in [0.25, 0.3) is 0 Å². The lowest BCUT2D eigenvalue weighted by Gasteiger charge is -2.44. The lowest BCUT2D eigenvalue weighted by atomic mass is 10.4. The zero-order valence-corrected chi connectivity index (χ0v) is 25.4. The molecule has 0 saturated heterocycles. The van der Waals surface area contributed by atoms with Crippen LogP contribution in [0.15, 0.2) is 86.0 Å². The van der Waals surface area contributed by atoms with Crippen molar-refractivity contribution in [2.45, 2.75) is 64.2 Å². The maximum Gasteiger partial charge on any atom is 0.466 e. The normalized spacial score (nSPS) is 17.4. The second-order valence-electron chi connectivity index (χ2n) is 10.1. The van der Waals surface area contributed by atoms with Gasteiger partial charge in [-0.25, -0.2) is 0 Å². The van der Waals surface area contributed by atoms with Crippen molar-refractivity contribution in [2.24, 2.45) is 0 Å². The highest BCUT2D eigenvalue weighted by Crippen LogP contribution is 2.29. The Morgan fingerprint density at radius 2 is 0.970 bits per heavy atom. The van der Waals surface area contributed by atoms with E-state index in [4.69, 9.17) is 12.3 Å². The monoisotopic (exact) mass is 514 g/mol. The highest BCUT2D eigenvalue weighted by molar-refractivity contribution is 6.97. The Hall–Kier alpha value is -1.33. The van der Waals surface area contributed by atoms with E-state index in [1.165, 1.54) is 10.4 Å². The summed E-state index contributed by atoms with van der Waals surface area (Å²) in [4.78, 5) is 0. The van der Waals surface area contributed by atoms with Gasteiger partial charge >= 0.3 is 8.80 Å². The third kappa shape index (κ3) is 8.43. The third-order valence-corrected chi connectivity index (χ3v) is 21.8. The number of rotatable bonds is 14. The molecule has 33 heavy (non-hydrogen) atoms. The van der Waals surface area contributed by atoms with Gasteiger partial charge in [-0.2, -0.15) is 0 Å². The summed E-state index contributed by atoms with van der Waals surface area (Å²) >= 11 is 0. The lowest BCUT2D eigenvalue weighted by molar-refractivity contribution is 0.262. The molecule has 0 aliphatic heterocycles. The number of allylic oxidation sites excluding steroid dienone is 2. The van der Waals surface area contributed by atoms with Gasteiger partial charge in [-0.1, -0.05) is 72.8 Å². The molecule has 2 rings (SSSR count). The summed E-state index contributed by atoms with van der Waals surface area (Å²) in [5.41, 5.74) is 0. The van der Waals surface area contributed by atoms with Gasteiger partial charge < -0.3 is 12.3 Å². The Balaban J connectivity index is 2.52. The Kier molecular flexibility index (Phi) is 10.0. The largest absolute Gasteiger partial charge is 0.466 e. The molecule has 0 N–H and O–H groups in total. The second-order valence-corrected chi connectivity index (χ2v) is 25.6. The molecular weight excluding hydrogens is 473 g/mol. The average molecular weight is 515 g/mol. The van der Waals surface area contributed by atoms with E-state index in [9.17, 15) is 0 Å². The van der Waals surface area contributed by atoms with Crippen molar-refractivity contribution in [3.05, 3.63) is 86.0 Å². The van der Waals surface area contributed by atoms with E-state index in [2.05, 4.69) is 113 Å². The van der Waals surface area contributed by atoms with E-state index in [-0.39, 0.29) is 0 Å². The van der Waals surface area contributed by atoms with Crippen LogP contribution in [-0.4, -0.2) is 33.8 Å². The maximum atomic E-state index is 7.22. The third-order valence-electron chi connectivity index (χ3n) is 5.73. The highest BCUT2D eigenvalue weighted by atomic mass is 28.5. The van der Waals surface area contributed by atoms with Crippen LogP contribution in [0.2, 0.25) is 51.4 Å². The fourth-order valence-electron chi connectivity index (χ4n) is 4.28. The Morgan fingerprint density at radius 3 is 1.27 bits per heavy atom. The molecule has 0 fully saturated rings. The van der Waals surface area contributed by atoms with Crippen LogP contribution in [0, 0.1) is 0 Å². The topological polar surface area (TPSA) is 27.7 Å². The minimum atomic E-state index is -3.00. The molecule has 0 radical (unpaired) electrons. The van der Waals surface area contributed by atoms with Crippen LogP contribution in [-0.2, 0) is 12.3 Å². The molecule has 7 heteroatoms. The van der Waals surface area contributed by atoms with E-state index in [0.29, 0.717) is 0 Å². The smallest absolute Gasteiger partial charge is 0.417 e. The number of hydrogen-bond donors (Lipinski definition) is 0. The molecule has 0 aliphatic rings. The summed E-state index contributed by atoms with van der Waals surface area (Å²) in [5.74, 6) is 0. The van der Waals surface area contributed by atoms with Crippen molar-refractivity contribution >= 4 is 44.1 Å². The fraction of sp³-hybridized carbons (Fsp3) is 0.385. The summed E-state index contributed by atoms with van der Waals surface area (Å²) in [7, 11) is -9.64. The van der Waals surface area contributed by atoms with Gasteiger partial charge in [0.2, 0.25) is 16.6 Å². The van der Waals surface area contributed by atoms with Gasteiger partial charge in [-0.3, -0.25) is 0 Å². The molecule has 3 nitrogen and oxygen atoms in total. The SMILES string of the molecule is C=CCC[Si](C)(O[Si](C)(O[Si](C)(C)C)O[Si](C)(CCC=C)c1ccccc1)c1ccccc1. The van der Waals surface area contributed by atoms with Gasteiger partial charge in [0.1, 0.15) is 0 Å². The Labute approximate surface area is 206 Å². The van der Waals surface area contributed by atoms with Crippen LogP contribution in [0.25, 0.3) is 0 Å². The highest BCUT2D eigenvalue weighted by Gasteiger charge is 2.51. The predicted molar refractivity (Wildman–Crippen MR) is 153 cm³/mol.